The Balaban J connectivity index is 1.37. The molecular weight excluding hydrogens is 360 g/mol. The molecule has 1 unspecified atom stereocenters. The molecule has 2 aromatic rings. The fourth-order valence-electron chi connectivity index (χ4n) is 3.70. The van der Waals surface area contributed by atoms with Crippen LogP contribution in [0.25, 0.3) is 0 Å². The predicted molar refractivity (Wildman–Crippen MR) is 103 cm³/mol. The maximum absolute atomic E-state index is 12.8. The van der Waals surface area contributed by atoms with Crippen molar-refractivity contribution in [2.45, 2.75) is 38.0 Å². The number of nitrogens with zero attached hydrogens (tertiary/aromatic N) is 3. The van der Waals surface area contributed by atoms with Crippen LogP contribution in [0.15, 0.2) is 22.7 Å². The van der Waals surface area contributed by atoms with Crippen molar-refractivity contribution in [2.75, 3.05) is 32.6 Å². The number of anilines is 1. The number of amides is 2. The molecule has 8 heteroatoms. The number of piperidine rings is 1. The van der Waals surface area contributed by atoms with Crippen LogP contribution in [0.5, 0.6) is 11.5 Å². The van der Waals surface area contributed by atoms with Gasteiger partial charge >= 0.3 is 6.03 Å². The summed E-state index contributed by atoms with van der Waals surface area (Å²) in [5.74, 6) is 3.43. The van der Waals surface area contributed by atoms with Crippen LogP contribution in [0.2, 0.25) is 0 Å². The minimum atomic E-state index is -0.138. The highest BCUT2D eigenvalue weighted by atomic mass is 16.5. The molecule has 0 spiro atoms. The fraction of sp³-hybridized carbons (Fsp3) is 0.550. The highest BCUT2D eigenvalue weighted by Crippen LogP contribution is 2.38. The Hall–Kier alpha value is -2.77. The molecule has 2 aliphatic rings. The Morgan fingerprint density at radius 2 is 2.14 bits per heavy atom. The predicted octanol–water partition coefficient (Wildman–Crippen LogP) is 3.45. The third-order valence-corrected chi connectivity index (χ3v) is 5.34. The van der Waals surface area contributed by atoms with Gasteiger partial charge in [-0.05, 0) is 43.7 Å². The molecule has 2 amide bonds. The highest BCUT2D eigenvalue weighted by molar-refractivity contribution is 5.91. The van der Waals surface area contributed by atoms with Crippen LogP contribution in [0.4, 0.5) is 10.5 Å². The summed E-state index contributed by atoms with van der Waals surface area (Å²) in [4.78, 5) is 19.2. The monoisotopic (exact) mass is 386 g/mol. The number of hydrogen-bond acceptors (Lipinski definition) is 6. The van der Waals surface area contributed by atoms with Crippen molar-refractivity contribution in [3.8, 4) is 11.5 Å². The molecule has 28 heavy (non-hydrogen) atoms. The maximum atomic E-state index is 12.8. The molecule has 0 radical (unpaired) electrons. The van der Waals surface area contributed by atoms with E-state index in [1.165, 1.54) is 0 Å². The average Bonchev–Trinajstić information content (AvgIpc) is 3.47. The number of carbonyl (C=O) groups is 1. The highest BCUT2D eigenvalue weighted by Gasteiger charge is 2.30. The standard InChI is InChI=1S/C20H26N4O4/c1-26-16-7-3-6-15(18(16)27-2)21-20(25)24-10-4-5-13(12-24)11-17-22-19(23-28-17)14-8-9-14/h3,6-7,13-14H,4-5,8-12H2,1-2H3,(H,21,25). The summed E-state index contributed by atoms with van der Waals surface area (Å²) >= 11 is 0. The lowest BCUT2D eigenvalue weighted by molar-refractivity contribution is 0.173. The number of rotatable bonds is 6. The van der Waals surface area contributed by atoms with Gasteiger partial charge in [-0.3, -0.25) is 0 Å². The third-order valence-electron chi connectivity index (χ3n) is 5.34. The number of aromatic nitrogens is 2. The number of para-hydroxylation sites is 1. The molecule has 1 aliphatic carbocycles. The van der Waals surface area contributed by atoms with E-state index in [1.54, 1.807) is 26.4 Å². The Morgan fingerprint density at radius 3 is 2.89 bits per heavy atom. The van der Waals surface area contributed by atoms with E-state index in [1.807, 2.05) is 11.0 Å². The van der Waals surface area contributed by atoms with Gasteiger partial charge in [-0.2, -0.15) is 4.98 Å². The van der Waals surface area contributed by atoms with Crippen LogP contribution in [-0.4, -0.2) is 48.4 Å². The molecule has 2 heterocycles. The van der Waals surface area contributed by atoms with Gasteiger partial charge in [0.25, 0.3) is 0 Å². The summed E-state index contributed by atoms with van der Waals surface area (Å²) in [5, 5.41) is 7.03. The lowest BCUT2D eigenvalue weighted by Gasteiger charge is -2.32. The second kappa shape index (κ2) is 8.08. The fourth-order valence-corrected chi connectivity index (χ4v) is 3.70. The number of likely N-dealkylation sites (tertiary alicyclic amines) is 1. The number of carbonyl (C=O) groups excluding carboxylic acids is 1. The first-order chi connectivity index (χ1) is 13.7. The zero-order valence-corrected chi connectivity index (χ0v) is 16.3. The summed E-state index contributed by atoms with van der Waals surface area (Å²) in [6.45, 7) is 1.39. The molecule has 2 fully saturated rings. The first-order valence-corrected chi connectivity index (χ1v) is 9.77. The number of urea groups is 1. The molecule has 0 bridgehead atoms. The average molecular weight is 386 g/mol. The van der Waals surface area contributed by atoms with Gasteiger partial charge in [0.2, 0.25) is 5.89 Å². The Labute approximate surface area is 164 Å². The number of ether oxygens (including phenoxy) is 2. The van der Waals surface area contributed by atoms with Crippen LogP contribution in [0.3, 0.4) is 0 Å². The minimum absolute atomic E-state index is 0.138. The normalized spacial score (nSPS) is 19.4. The molecule has 1 aromatic heterocycles. The molecule has 1 N–H and O–H groups in total. The van der Waals surface area contributed by atoms with Gasteiger partial charge in [-0.25, -0.2) is 4.79 Å². The zero-order valence-electron chi connectivity index (χ0n) is 16.3. The smallest absolute Gasteiger partial charge is 0.321 e. The van der Waals surface area contributed by atoms with Crippen LogP contribution >= 0.6 is 0 Å². The maximum Gasteiger partial charge on any atom is 0.321 e. The summed E-state index contributed by atoms with van der Waals surface area (Å²) < 4.78 is 16.1. The van der Waals surface area contributed by atoms with Gasteiger partial charge in [0.15, 0.2) is 17.3 Å². The van der Waals surface area contributed by atoms with Gasteiger partial charge in [0.1, 0.15) is 0 Å². The lowest BCUT2D eigenvalue weighted by Crippen LogP contribution is -2.42. The van der Waals surface area contributed by atoms with Crippen molar-refractivity contribution in [3.05, 3.63) is 29.9 Å². The molecule has 1 saturated carbocycles. The molecule has 4 rings (SSSR count). The van der Waals surface area contributed by atoms with E-state index < -0.39 is 0 Å². The first kappa shape index (κ1) is 18.6. The van der Waals surface area contributed by atoms with E-state index in [-0.39, 0.29) is 6.03 Å². The second-order valence-corrected chi connectivity index (χ2v) is 7.45. The van der Waals surface area contributed by atoms with Gasteiger partial charge in [0, 0.05) is 25.4 Å². The van der Waals surface area contributed by atoms with Gasteiger partial charge in [0.05, 0.1) is 19.9 Å². The quantitative estimate of drug-likeness (QED) is 0.818. The first-order valence-electron chi connectivity index (χ1n) is 9.77. The Bertz CT molecular complexity index is 833. The van der Waals surface area contributed by atoms with Crippen LogP contribution in [0, 0.1) is 5.92 Å². The Kier molecular flexibility index (Phi) is 5.36. The van der Waals surface area contributed by atoms with Crippen molar-refractivity contribution in [3.63, 3.8) is 0 Å². The van der Waals surface area contributed by atoms with Crippen LogP contribution in [0.1, 0.15) is 43.3 Å². The van der Waals surface area contributed by atoms with Crippen molar-refractivity contribution in [2.24, 2.45) is 5.92 Å². The SMILES string of the molecule is COc1cccc(NC(=O)N2CCCC(Cc3nc(C4CC4)no3)C2)c1OC. The summed E-state index contributed by atoms with van der Waals surface area (Å²) in [6.07, 6.45) is 5.03. The molecule has 1 atom stereocenters. The second-order valence-electron chi connectivity index (χ2n) is 7.45. The number of hydrogen-bond donors (Lipinski definition) is 1. The van der Waals surface area contributed by atoms with E-state index in [4.69, 9.17) is 14.0 Å². The third kappa shape index (κ3) is 4.05. The van der Waals surface area contributed by atoms with E-state index in [0.717, 1.165) is 38.1 Å². The van der Waals surface area contributed by atoms with Gasteiger partial charge in [-0.1, -0.05) is 11.2 Å². The summed E-state index contributed by atoms with van der Waals surface area (Å²) in [7, 11) is 3.13. The van der Waals surface area contributed by atoms with Crippen molar-refractivity contribution in [1.29, 1.82) is 0 Å². The van der Waals surface area contributed by atoms with Crippen molar-refractivity contribution < 1.29 is 18.8 Å². The summed E-state index contributed by atoms with van der Waals surface area (Å²) in [5.41, 5.74) is 0.597. The van der Waals surface area contributed by atoms with Gasteiger partial charge in [-0.15, -0.1) is 0 Å². The van der Waals surface area contributed by atoms with Crippen molar-refractivity contribution in [1.82, 2.24) is 15.0 Å². The largest absolute Gasteiger partial charge is 0.493 e. The van der Waals surface area contributed by atoms with E-state index in [2.05, 4.69) is 15.5 Å². The van der Waals surface area contributed by atoms with E-state index in [0.29, 0.717) is 47.9 Å². The topological polar surface area (TPSA) is 89.7 Å². The molecule has 1 aliphatic heterocycles. The number of nitrogens with one attached hydrogen (secondary N) is 1. The summed E-state index contributed by atoms with van der Waals surface area (Å²) in [6, 6.07) is 5.29. The molecular formula is C20H26N4O4. The molecule has 1 saturated heterocycles. The van der Waals surface area contributed by atoms with E-state index in [9.17, 15) is 4.79 Å². The van der Waals surface area contributed by atoms with Crippen LogP contribution < -0.4 is 14.8 Å². The zero-order chi connectivity index (χ0) is 19.5. The number of benzene rings is 1. The number of methoxy groups -OCH3 is 2. The molecule has 150 valence electrons. The van der Waals surface area contributed by atoms with E-state index >= 15 is 0 Å². The lowest BCUT2D eigenvalue weighted by atomic mass is 9.95. The minimum Gasteiger partial charge on any atom is -0.493 e. The van der Waals surface area contributed by atoms with Crippen LogP contribution in [-0.2, 0) is 6.42 Å². The van der Waals surface area contributed by atoms with Crippen molar-refractivity contribution >= 4 is 11.7 Å². The van der Waals surface area contributed by atoms with Gasteiger partial charge < -0.3 is 24.2 Å². The Morgan fingerprint density at radius 1 is 1.29 bits per heavy atom. The molecule has 8 nitrogen and oxygen atoms in total. The molecule has 1 aromatic carbocycles.